The fourth-order valence-corrected chi connectivity index (χ4v) is 6.63. The Kier molecular flexibility index (Phi) is 8.45. The number of rotatable bonds is 10. The zero-order valence-corrected chi connectivity index (χ0v) is 22.4. The Hall–Kier alpha value is -2.83. The fraction of sp³-hybridized carbons (Fsp3) is 0.294. The van der Waals surface area contributed by atoms with Crippen molar-refractivity contribution in [2.75, 3.05) is 18.1 Å². The van der Waals surface area contributed by atoms with Gasteiger partial charge >= 0.3 is 29.4 Å². The lowest BCUT2D eigenvalue weighted by atomic mass is 10.1. The number of para-hydroxylation sites is 1. The quantitative estimate of drug-likeness (QED) is 0.0871. The molecule has 1 saturated heterocycles. The van der Waals surface area contributed by atoms with Gasteiger partial charge in [-0.3, -0.25) is 9.09 Å². The van der Waals surface area contributed by atoms with Gasteiger partial charge in [0.05, 0.1) is 18.5 Å². The molecule has 0 radical (unpaired) electrons. The van der Waals surface area contributed by atoms with Crippen LogP contribution in [0.1, 0.15) is 16.6 Å². The number of anilines is 2. The number of fused-ring (bicyclic) bond motifs is 1. The topological polar surface area (TPSA) is 311 Å². The number of phosphoric ester groups is 1. The summed E-state index contributed by atoms with van der Waals surface area (Å²) < 4.78 is 58.8. The second-order valence-corrected chi connectivity index (χ2v) is 12.4. The number of carbonyl (C=O) groups is 1. The molecule has 6 atom stereocenters. The van der Waals surface area contributed by atoms with Crippen LogP contribution in [0.5, 0.6) is 0 Å². The fourth-order valence-electron chi connectivity index (χ4n) is 3.60. The van der Waals surface area contributed by atoms with Crippen molar-refractivity contribution >= 4 is 52.1 Å². The lowest BCUT2D eigenvalue weighted by Crippen LogP contribution is -2.37. The molecule has 20 nitrogen and oxygen atoms in total. The number of aliphatic hydroxyl groups is 1. The number of nitrogens with zero attached hydrogens (tertiary/aromatic N) is 4. The minimum atomic E-state index is -5.79. The van der Waals surface area contributed by atoms with Crippen molar-refractivity contribution in [1.29, 1.82) is 0 Å². The second kappa shape index (κ2) is 11.2. The summed E-state index contributed by atoms with van der Waals surface area (Å²) >= 11 is 0. The Bertz CT molecular complexity index is 1560. The van der Waals surface area contributed by atoms with Gasteiger partial charge in [0.25, 0.3) is 0 Å². The Balaban J connectivity index is 1.58. The molecule has 218 valence electrons. The highest BCUT2D eigenvalue weighted by Gasteiger charge is 2.49. The number of hydrogen-bond acceptors (Lipinski definition) is 15. The number of ether oxygens (including phenoxy) is 2. The number of aromatic nitrogens is 4. The van der Waals surface area contributed by atoms with E-state index in [0.29, 0.717) is 0 Å². The molecule has 0 saturated carbocycles. The number of esters is 1. The van der Waals surface area contributed by atoms with E-state index in [1.165, 1.54) is 29.1 Å². The standard InChI is InChI=1S/C17H21N6O14P3/c18-9-4-2-1-3-8(9)17(25)35-13-12(24)10(5-33-39(29,30)37-40(31,32)36-38(26,27)28)34-16(13)23-7-22-11-14(19)20-6-21-15(11)23/h1-4,6-7,10,12-13,16,24H,5,18H2,(H,29,30)(H,31,32)(H2,19,20,21)(H2,26,27,28)/t10-,12-,13-,16-/m1/s1. The summed E-state index contributed by atoms with van der Waals surface area (Å²) in [4.78, 5) is 61.2. The van der Waals surface area contributed by atoms with E-state index in [4.69, 9.17) is 30.7 Å². The number of hydrogen-bond donors (Lipinski definition) is 7. The second-order valence-electron chi connectivity index (χ2n) is 7.98. The average Bonchev–Trinajstić information content (AvgIpc) is 3.38. The lowest BCUT2D eigenvalue weighted by Gasteiger charge is -2.22. The van der Waals surface area contributed by atoms with Crippen LogP contribution < -0.4 is 11.5 Å². The van der Waals surface area contributed by atoms with Crippen LogP contribution in [0.15, 0.2) is 36.9 Å². The molecule has 3 heterocycles. The molecule has 4 rings (SSSR count). The highest BCUT2D eigenvalue weighted by Crippen LogP contribution is 2.66. The maximum atomic E-state index is 12.9. The molecule has 1 aliphatic rings. The predicted octanol–water partition coefficient (Wildman–Crippen LogP) is -0.182. The van der Waals surface area contributed by atoms with Crippen molar-refractivity contribution in [2.45, 2.75) is 24.5 Å². The van der Waals surface area contributed by atoms with E-state index in [2.05, 4.69) is 28.1 Å². The van der Waals surface area contributed by atoms with Gasteiger partial charge in [0.2, 0.25) is 0 Å². The number of aliphatic hydroxyl groups excluding tert-OH is 1. The molecule has 0 bridgehead atoms. The van der Waals surface area contributed by atoms with Gasteiger partial charge in [-0.2, -0.15) is 8.62 Å². The summed E-state index contributed by atoms with van der Waals surface area (Å²) in [6.45, 7) is -1.04. The van der Waals surface area contributed by atoms with Gasteiger partial charge in [0.15, 0.2) is 23.8 Å². The van der Waals surface area contributed by atoms with E-state index in [9.17, 15) is 33.4 Å². The van der Waals surface area contributed by atoms with Crippen molar-refractivity contribution in [2.24, 2.45) is 0 Å². The van der Waals surface area contributed by atoms with Crippen LogP contribution in [0.4, 0.5) is 11.5 Å². The van der Waals surface area contributed by atoms with E-state index in [-0.39, 0.29) is 28.2 Å². The van der Waals surface area contributed by atoms with Crippen LogP contribution in [0.2, 0.25) is 0 Å². The summed E-state index contributed by atoms with van der Waals surface area (Å²) in [6.07, 6.45) is -3.98. The van der Waals surface area contributed by atoms with E-state index in [1.54, 1.807) is 6.07 Å². The zero-order valence-electron chi connectivity index (χ0n) is 19.7. The molecule has 3 aromatic rings. The van der Waals surface area contributed by atoms with Crippen LogP contribution in [0.3, 0.4) is 0 Å². The van der Waals surface area contributed by atoms with Gasteiger partial charge in [-0.15, -0.1) is 0 Å². The van der Waals surface area contributed by atoms with Gasteiger partial charge in [-0.25, -0.2) is 33.4 Å². The van der Waals surface area contributed by atoms with Crippen LogP contribution in [0.25, 0.3) is 11.2 Å². The molecule has 0 amide bonds. The van der Waals surface area contributed by atoms with Crippen molar-refractivity contribution < 1.29 is 65.8 Å². The van der Waals surface area contributed by atoms with E-state index in [1.807, 2.05) is 0 Å². The zero-order chi connectivity index (χ0) is 29.5. The first kappa shape index (κ1) is 30.1. The van der Waals surface area contributed by atoms with Crippen LogP contribution in [-0.2, 0) is 36.3 Å². The first-order valence-corrected chi connectivity index (χ1v) is 15.2. The molecule has 40 heavy (non-hydrogen) atoms. The third kappa shape index (κ3) is 6.90. The van der Waals surface area contributed by atoms with E-state index < -0.39 is 60.6 Å². The third-order valence-corrected chi connectivity index (χ3v) is 9.02. The maximum Gasteiger partial charge on any atom is 0.490 e. The van der Waals surface area contributed by atoms with Gasteiger partial charge < -0.3 is 45.6 Å². The number of imidazole rings is 1. The van der Waals surface area contributed by atoms with Crippen LogP contribution >= 0.6 is 23.5 Å². The molecule has 2 unspecified atom stereocenters. The Morgan fingerprint density at radius 1 is 1.02 bits per heavy atom. The van der Waals surface area contributed by atoms with Crippen molar-refractivity contribution in [3.63, 3.8) is 0 Å². The SMILES string of the molecule is Nc1ccccc1C(=O)O[C@@H]1[C@H](O)[C@@H](COP(=O)(O)OP(=O)(O)OP(=O)(O)O)O[C@H]1n1cnc2c(N)ncnc21. The monoisotopic (exact) mass is 626 g/mol. The Morgan fingerprint density at radius 3 is 2.40 bits per heavy atom. The Morgan fingerprint density at radius 2 is 1.73 bits per heavy atom. The minimum Gasteiger partial charge on any atom is -0.451 e. The molecule has 9 N–H and O–H groups in total. The van der Waals surface area contributed by atoms with Gasteiger partial charge in [-0.05, 0) is 12.1 Å². The van der Waals surface area contributed by atoms with Gasteiger partial charge in [0.1, 0.15) is 24.1 Å². The molecule has 1 aliphatic heterocycles. The summed E-state index contributed by atoms with van der Waals surface area (Å²) in [5, 5.41) is 10.9. The number of phosphoric acid groups is 3. The average molecular weight is 626 g/mol. The van der Waals surface area contributed by atoms with Crippen molar-refractivity contribution in [3.05, 3.63) is 42.5 Å². The molecule has 2 aromatic heterocycles. The third-order valence-electron chi connectivity index (χ3n) is 5.22. The molecule has 23 heteroatoms. The summed E-state index contributed by atoms with van der Waals surface area (Å²) in [6, 6.07) is 5.88. The predicted molar refractivity (Wildman–Crippen MR) is 130 cm³/mol. The number of carbonyl (C=O) groups excluding carboxylic acids is 1. The van der Waals surface area contributed by atoms with E-state index >= 15 is 0 Å². The molecular formula is C17H21N6O14P3. The van der Waals surface area contributed by atoms with E-state index in [0.717, 1.165) is 6.33 Å². The number of nitrogens with two attached hydrogens (primary N) is 2. The molecule has 0 aliphatic carbocycles. The number of benzene rings is 1. The van der Waals surface area contributed by atoms with Crippen LogP contribution in [-0.4, -0.2) is 75.1 Å². The molecular weight excluding hydrogens is 605 g/mol. The van der Waals surface area contributed by atoms with Gasteiger partial charge in [-0.1, -0.05) is 12.1 Å². The molecule has 0 spiro atoms. The molecule has 1 aromatic carbocycles. The lowest BCUT2D eigenvalue weighted by molar-refractivity contribution is -0.0557. The minimum absolute atomic E-state index is 0.00268. The largest absolute Gasteiger partial charge is 0.490 e. The smallest absolute Gasteiger partial charge is 0.451 e. The highest BCUT2D eigenvalue weighted by atomic mass is 31.3. The Labute approximate surface area is 222 Å². The molecule has 1 fully saturated rings. The highest BCUT2D eigenvalue weighted by molar-refractivity contribution is 7.66. The van der Waals surface area contributed by atoms with Gasteiger partial charge in [0, 0.05) is 5.69 Å². The van der Waals surface area contributed by atoms with Crippen molar-refractivity contribution in [3.8, 4) is 0 Å². The maximum absolute atomic E-state index is 12.9. The first-order chi connectivity index (χ1) is 18.6. The normalized spacial score (nSPS) is 24.4. The summed E-state index contributed by atoms with van der Waals surface area (Å²) in [5.41, 5.74) is 11.9. The summed E-state index contributed by atoms with van der Waals surface area (Å²) in [7, 11) is -17.0. The van der Waals surface area contributed by atoms with Crippen molar-refractivity contribution in [1.82, 2.24) is 19.5 Å². The van der Waals surface area contributed by atoms with Crippen LogP contribution in [0, 0.1) is 0 Å². The summed E-state index contributed by atoms with van der Waals surface area (Å²) in [5.74, 6) is -0.972. The first-order valence-electron chi connectivity index (χ1n) is 10.7. The number of nitrogen functional groups attached to an aromatic ring is 2.